The summed E-state index contributed by atoms with van der Waals surface area (Å²) in [4.78, 5) is 0. The third kappa shape index (κ3) is 2.65. The number of hydrogen-bond acceptors (Lipinski definition) is 1. The van der Waals surface area contributed by atoms with Gasteiger partial charge in [0.25, 0.3) is 0 Å². The summed E-state index contributed by atoms with van der Waals surface area (Å²) in [6.07, 6.45) is 6.80. The van der Waals surface area contributed by atoms with E-state index in [2.05, 4.69) is 84.1 Å². The van der Waals surface area contributed by atoms with Gasteiger partial charge in [-0.15, -0.1) is 0 Å². The van der Waals surface area contributed by atoms with Crippen LogP contribution in [-0.4, -0.2) is 8.07 Å². The summed E-state index contributed by atoms with van der Waals surface area (Å²) in [6.45, 7) is 16.5. The van der Waals surface area contributed by atoms with E-state index in [9.17, 15) is 0 Å². The van der Waals surface area contributed by atoms with E-state index in [0.717, 1.165) is 5.76 Å². The third-order valence-corrected chi connectivity index (χ3v) is 11.0. The molecule has 2 aliphatic carbocycles. The van der Waals surface area contributed by atoms with Crippen LogP contribution in [0.1, 0.15) is 49.9 Å². The van der Waals surface area contributed by atoms with E-state index >= 15 is 0 Å². The lowest BCUT2D eigenvalue weighted by Gasteiger charge is -2.34. The number of rotatable bonds is 3. The summed E-state index contributed by atoms with van der Waals surface area (Å²) in [7, 11) is -1.70. The number of aryl methyl sites for hydroxylation is 1. The van der Waals surface area contributed by atoms with Crippen molar-refractivity contribution in [1.29, 1.82) is 0 Å². The third-order valence-electron chi connectivity index (χ3n) is 6.77. The lowest BCUT2D eigenvalue weighted by molar-refractivity contribution is 0.580. The highest BCUT2D eigenvalue weighted by molar-refractivity contribution is 6.86. The van der Waals surface area contributed by atoms with Gasteiger partial charge in [-0.05, 0) is 61.9 Å². The van der Waals surface area contributed by atoms with Gasteiger partial charge in [0.1, 0.15) is 5.76 Å². The average Bonchev–Trinajstić information content (AvgIpc) is 3.25. The predicted molar refractivity (Wildman–Crippen MR) is 118 cm³/mol. The molecule has 4 rings (SSSR count). The summed E-state index contributed by atoms with van der Waals surface area (Å²) in [6, 6.07) is 8.83. The average molecular weight is 375 g/mol. The molecule has 140 valence electrons. The first-order valence-electron chi connectivity index (χ1n) is 9.99. The zero-order chi connectivity index (χ0) is 19.5. The molecule has 0 saturated carbocycles. The fourth-order valence-corrected chi connectivity index (χ4v) is 9.94. The van der Waals surface area contributed by atoms with Gasteiger partial charge < -0.3 is 4.42 Å². The van der Waals surface area contributed by atoms with Gasteiger partial charge in [-0.25, -0.2) is 0 Å². The predicted octanol–water partition coefficient (Wildman–Crippen LogP) is 7.45. The van der Waals surface area contributed by atoms with Crippen LogP contribution >= 0.6 is 0 Å². The van der Waals surface area contributed by atoms with Gasteiger partial charge in [0, 0.05) is 11.1 Å². The van der Waals surface area contributed by atoms with Crippen LogP contribution in [0.5, 0.6) is 0 Å². The van der Waals surface area contributed by atoms with Gasteiger partial charge >= 0.3 is 0 Å². The number of hydrogen-bond donors (Lipinski definition) is 0. The van der Waals surface area contributed by atoms with Crippen LogP contribution in [0.25, 0.3) is 16.9 Å². The van der Waals surface area contributed by atoms with Crippen molar-refractivity contribution < 1.29 is 4.42 Å². The molecule has 0 bridgehead atoms. The number of benzene rings is 1. The van der Waals surface area contributed by atoms with E-state index < -0.39 is 8.07 Å². The van der Waals surface area contributed by atoms with Crippen LogP contribution in [0.4, 0.5) is 0 Å². The van der Waals surface area contributed by atoms with Crippen molar-refractivity contribution in [3.63, 3.8) is 0 Å². The van der Waals surface area contributed by atoms with Gasteiger partial charge in [0.15, 0.2) is 0 Å². The Morgan fingerprint density at radius 3 is 2.26 bits per heavy atom. The van der Waals surface area contributed by atoms with Crippen LogP contribution in [0.2, 0.25) is 13.1 Å². The monoisotopic (exact) mass is 374 g/mol. The zero-order valence-corrected chi connectivity index (χ0v) is 18.6. The fraction of sp³-hybridized carbons (Fsp3) is 0.360. The molecule has 1 aromatic heterocycles. The van der Waals surface area contributed by atoms with Crippen molar-refractivity contribution in [3.05, 3.63) is 75.7 Å². The van der Waals surface area contributed by atoms with Crippen molar-refractivity contribution in [2.45, 2.75) is 53.3 Å². The van der Waals surface area contributed by atoms with Crippen LogP contribution < -0.4 is 0 Å². The molecule has 2 heteroatoms. The summed E-state index contributed by atoms with van der Waals surface area (Å²) < 4.78 is 5.86. The smallest absolute Gasteiger partial charge is 0.137 e. The molecule has 2 unspecified atom stereocenters. The van der Waals surface area contributed by atoms with Gasteiger partial charge in [-0.2, -0.15) is 0 Å². The molecule has 2 atom stereocenters. The minimum absolute atomic E-state index is 0.523. The molecular formula is C25H30OSi. The maximum absolute atomic E-state index is 5.86. The van der Waals surface area contributed by atoms with E-state index in [1.165, 1.54) is 39.0 Å². The molecule has 0 N–H and O–H groups in total. The van der Waals surface area contributed by atoms with E-state index in [0.29, 0.717) is 11.5 Å². The van der Waals surface area contributed by atoms with Crippen molar-refractivity contribution in [2.75, 3.05) is 0 Å². The molecule has 0 amide bonds. The lowest BCUT2D eigenvalue weighted by Crippen LogP contribution is -2.38. The molecule has 2 aromatic rings. The number of allylic oxidation sites excluding steroid dienone is 6. The Kier molecular flexibility index (Phi) is 4.23. The van der Waals surface area contributed by atoms with Gasteiger partial charge in [0.05, 0.1) is 14.3 Å². The standard InChI is InChI=1S/C25H30OSi/c1-15-11-12-26-24(15)21-10-8-9-20-22(14-17(3)23(20)21)27(6,7)25-18(4)13-16(2)19(25)5/h8-14,18,22H,1-7H3. The molecule has 0 fully saturated rings. The Hall–Kier alpha value is -2.06. The molecule has 0 aliphatic heterocycles. The quantitative estimate of drug-likeness (QED) is 0.508. The molecule has 2 aliphatic rings. The second-order valence-corrected chi connectivity index (χ2v) is 13.5. The van der Waals surface area contributed by atoms with E-state index in [1.807, 2.05) is 0 Å². The summed E-state index contributed by atoms with van der Waals surface area (Å²) in [5, 5.41) is 1.72. The first-order chi connectivity index (χ1) is 12.7. The Morgan fingerprint density at radius 1 is 0.926 bits per heavy atom. The SMILES string of the molecule is CC1=CC(C)C([Si](C)(C)C2C=C(C)c3c(-c4occc4C)cccc32)=C1C. The van der Waals surface area contributed by atoms with E-state index in [1.54, 1.807) is 11.5 Å². The van der Waals surface area contributed by atoms with Crippen molar-refractivity contribution in [3.8, 4) is 11.3 Å². The normalized spacial score (nSPS) is 22.2. The van der Waals surface area contributed by atoms with E-state index in [4.69, 9.17) is 4.42 Å². The minimum atomic E-state index is -1.70. The topological polar surface area (TPSA) is 13.1 Å². The fourth-order valence-electron chi connectivity index (χ4n) is 5.50. The molecule has 1 nitrogen and oxygen atoms in total. The van der Waals surface area contributed by atoms with Crippen LogP contribution in [-0.2, 0) is 0 Å². The molecular weight excluding hydrogens is 344 g/mol. The molecule has 0 radical (unpaired) electrons. The van der Waals surface area contributed by atoms with Crippen molar-refractivity contribution >= 4 is 13.6 Å². The Labute approximate surface area is 164 Å². The second-order valence-electron chi connectivity index (χ2n) is 8.93. The first kappa shape index (κ1) is 18.3. The Morgan fingerprint density at radius 2 is 1.67 bits per heavy atom. The largest absolute Gasteiger partial charge is 0.464 e. The number of furan rings is 1. The zero-order valence-electron chi connectivity index (χ0n) is 17.6. The maximum Gasteiger partial charge on any atom is 0.137 e. The van der Waals surface area contributed by atoms with E-state index in [-0.39, 0.29) is 0 Å². The lowest BCUT2D eigenvalue weighted by atomic mass is 9.96. The maximum atomic E-state index is 5.86. The highest BCUT2D eigenvalue weighted by Crippen LogP contribution is 2.50. The highest BCUT2D eigenvalue weighted by atomic mass is 28.3. The van der Waals surface area contributed by atoms with Crippen LogP contribution in [0.3, 0.4) is 0 Å². The molecule has 0 spiro atoms. The number of fused-ring (bicyclic) bond motifs is 1. The van der Waals surface area contributed by atoms with Gasteiger partial charge in [0.2, 0.25) is 0 Å². The molecule has 0 saturated heterocycles. The van der Waals surface area contributed by atoms with Gasteiger partial charge in [-0.3, -0.25) is 0 Å². The second kappa shape index (κ2) is 6.24. The summed E-state index contributed by atoms with van der Waals surface area (Å²) in [5.41, 5.74) is 10.3. The van der Waals surface area contributed by atoms with Crippen LogP contribution in [0.15, 0.2) is 63.4 Å². The Bertz CT molecular complexity index is 1010. The molecule has 1 aromatic carbocycles. The summed E-state index contributed by atoms with van der Waals surface area (Å²) >= 11 is 0. The minimum Gasteiger partial charge on any atom is -0.464 e. The van der Waals surface area contributed by atoms with Crippen molar-refractivity contribution in [2.24, 2.45) is 5.92 Å². The first-order valence-corrected chi connectivity index (χ1v) is 13.1. The van der Waals surface area contributed by atoms with Crippen molar-refractivity contribution in [1.82, 2.24) is 0 Å². The van der Waals surface area contributed by atoms with Gasteiger partial charge in [-0.1, -0.05) is 66.7 Å². The Balaban J connectivity index is 1.86. The molecule has 27 heavy (non-hydrogen) atoms. The molecule has 1 heterocycles. The van der Waals surface area contributed by atoms with Crippen LogP contribution in [0, 0.1) is 12.8 Å². The highest BCUT2D eigenvalue weighted by Gasteiger charge is 2.43. The summed E-state index contributed by atoms with van der Waals surface area (Å²) in [5.74, 6) is 1.58.